The molecule has 2 N–H and O–H groups in total. The van der Waals surface area contributed by atoms with Gasteiger partial charge in [-0.15, -0.1) is 0 Å². The molecule has 0 saturated heterocycles. The monoisotopic (exact) mass is 408 g/mol. The molecule has 25 heavy (non-hydrogen) atoms. The molecule has 1 atom stereocenters. The number of carbonyl (C=O) groups is 1. The number of nitrogens with one attached hydrogen (secondary N) is 2. The van der Waals surface area contributed by atoms with E-state index in [0.717, 1.165) is 15.8 Å². The minimum absolute atomic E-state index is 0.106. The van der Waals surface area contributed by atoms with Crippen LogP contribution in [0.25, 0.3) is 0 Å². The van der Waals surface area contributed by atoms with Gasteiger partial charge >= 0.3 is 6.03 Å². The zero-order valence-corrected chi connectivity index (χ0v) is 15.0. The largest absolute Gasteiger partial charge is 0.493 e. The van der Waals surface area contributed by atoms with Gasteiger partial charge in [-0.1, -0.05) is 22.0 Å². The lowest BCUT2D eigenvalue weighted by molar-refractivity contribution is 0.220. The summed E-state index contributed by atoms with van der Waals surface area (Å²) >= 11 is 3.44. The van der Waals surface area contributed by atoms with E-state index in [-0.39, 0.29) is 24.5 Å². The third kappa shape index (κ3) is 4.85. The van der Waals surface area contributed by atoms with Gasteiger partial charge in [0, 0.05) is 22.5 Å². The molecular formula is C18H18BrFN2O3. The number of rotatable bonds is 5. The SMILES string of the molecule is O=C(NCCOc1cccc(F)c1)NC1CCOc2ccc(Br)cc21. The van der Waals surface area contributed by atoms with Crippen LogP contribution in [0.15, 0.2) is 46.9 Å². The maximum atomic E-state index is 13.0. The Morgan fingerprint density at radius 2 is 2.20 bits per heavy atom. The van der Waals surface area contributed by atoms with Gasteiger partial charge in [-0.3, -0.25) is 0 Å². The minimum Gasteiger partial charge on any atom is -0.493 e. The lowest BCUT2D eigenvalue weighted by Gasteiger charge is -2.27. The molecule has 5 nitrogen and oxygen atoms in total. The molecule has 132 valence electrons. The summed E-state index contributed by atoms with van der Waals surface area (Å²) in [5, 5.41) is 5.68. The van der Waals surface area contributed by atoms with Crippen LogP contribution >= 0.6 is 15.9 Å². The summed E-state index contributed by atoms with van der Waals surface area (Å²) in [7, 11) is 0. The molecule has 2 aromatic rings. The van der Waals surface area contributed by atoms with Gasteiger partial charge in [-0.2, -0.15) is 0 Å². The van der Waals surface area contributed by atoms with Crippen molar-refractivity contribution in [3.8, 4) is 11.5 Å². The summed E-state index contributed by atoms with van der Waals surface area (Å²) in [6, 6.07) is 11.3. The Balaban J connectivity index is 1.46. The minimum atomic E-state index is -0.354. The smallest absolute Gasteiger partial charge is 0.315 e. The molecule has 0 fully saturated rings. The number of ether oxygens (including phenoxy) is 2. The normalized spacial score (nSPS) is 15.7. The zero-order chi connectivity index (χ0) is 17.6. The van der Waals surface area contributed by atoms with Crippen LogP contribution in [0.5, 0.6) is 11.5 Å². The summed E-state index contributed by atoms with van der Waals surface area (Å²) in [6.45, 7) is 1.13. The highest BCUT2D eigenvalue weighted by Crippen LogP contribution is 2.33. The number of hydrogen-bond acceptors (Lipinski definition) is 3. The van der Waals surface area contributed by atoms with E-state index in [9.17, 15) is 9.18 Å². The first-order chi connectivity index (χ1) is 12.1. The van der Waals surface area contributed by atoms with E-state index in [4.69, 9.17) is 9.47 Å². The first-order valence-corrected chi connectivity index (χ1v) is 8.76. The van der Waals surface area contributed by atoms with Gasteiger partial charge < -0.3 is 20.1 Å². The molecule has 1 unspecified atom stereocenters. The van der Waals surface area contributed by atoms with Gasteiger partial charge in [0.15, 0.2) is 0 Å². The Morgan fingerprint density at radius 1 is 1.32 bits per heavy atom. The Kier molecular flexibility index (Phi) is 5.75. The van der Waals surface area contributed by atoms with Gasteiger partial charge in [-0.05, 0) is 30.3 Å². The Hall–Kier alpha value is -2.28. The quantitative estimate of drug-likeness (QED) is 0.739. The highest BCUT2D eigenvalue weighted by Gasteiger charge is 2.23. The van der Waals surface area contributed by atoms with Crippen LogP contribution in [-0.2, 0) is 0 Å². The Morgan fingerprint density at radius 3 is 3.04 bits per heavy atom. The number of benzene rings is 2. The maximum Gasteiger partial charge on any atom is 0.315 e. The van der Waals surface area contributed by atoms with Crippen LogP contribution in [0.1, 0.15) is 18.0 Å². The first-order valence-electron chi connectivity index (χ1n) is 7.97. The molecule has 0 radical (unpaired) electrons. The lowest BCUT2D eigenvalue weighted by Crippen LogP contribution is -2.41. The Labute approximate surface area is 153 Å². The fourth-order valence-corrected chi connectivity index (χ4v) is 2.99. The fraction of sp³-hybridized carbons (Fsp3) is 0.278. The standard InChI is InChI=1S/C18H18BrFN2O3/c19-12-4-5-17-15(10-12)16(6-8-25-17)22-18(23)21-7-9-24-14-3-1-2-13(20)11-14/h1-5,10-11,16H,6-9H2,(H2,21,22,23). The summed E-state index contributed by atoms with van der Waals surface area (Å²) in [6.07, 6.45) is 0.705. The predicted octanol–water partition coefficient (Wildman–Crippen LogP) is 3.79. The fourth-order valence-electron chi connectivity index (χ4n) is 2.61. The molecule has 3 rings (SSSR count). The van der Waals surface area contributed by atoms with Crippen molar-refractivity contribution >= 4 is 22.0 Å². The lowest BCUT2D eigenvalue weighted by atomic mass is 10.0. The number of carbonyl (C=O) groups excluding carboxylic acids is 1. The molecule has 1 aliphatic rings. The second-order valence-corrected chi connectivity index (χ2v) is 6.49. The van der Waals surface area contributed by atoms with Crippen molar-refractivity contribution in [2.24, 2.45) is 0 Å². The average molecular weight is 409 g/mol. The van der Waals surface area contributed by atoms with Crippen LogP contribution in [0.4, 0.5) is 9.18 Å². The van der Waals surface area contributed by atoms with Gasteiger partial charge in [-0.25, -0.2) is 9.18 Å². The molecule has 0 aliphatic carbocycles. The predicted molar refractivity (Wildman–Crippen MR) is 95.4 cm³/mol. The summed E-state index contributed by atoms with van der Waals surface area (Å²) in [4.78, 5) is 12.1. The summed E-state index contributed by atoms with van der Waals surface area (Å²) in [5.74, 6) is 0.868. The zero-order valence-electron chi connectivity index (χ0n) is 13.4. The third-order valence-corrected chi connectivity index (χ3v) is 4.26. The topological polar surface area (TPSA) is 59.6 Å². The van der Waals surface area contributed by atoms with Crippen LogP contribution in [0.3, 0.4) is 0 Å². The van der Waals surface area contributed by atoms with Crippen molar-refractivity contribution in [2.45, 2.75) is 12.5 Å². The molecule has 2 aromatic carbocycles. The number of fused-ring (bicyclic) bond motifs is 1. The molecule has 0 bridgehead atoms. The van der Waals surface area contributed by atoms with Crippen LogP contribution in [0, 0.1) is 5.82 Å². The van der Waals surface area contributed by atoms with Crippen LogP contribution in [-0.4, -0.2) is 25.8 Å². The first kappa shape index (κ1) is 17.5. The molecule has 0 aromatic heterocycles. The van der Waals surface area contributed by atoms with Crippen molar-refractivity contribution in [1.29, 1.82) is 0 Å². The van der Waals surface area contributed by atoms with Gasteiger partial charge in [0.2, 0.25) is 0 Å². The molecule has 7 heteroatoms. The molecule has 0 spiro atoms. The van der Waals surface area contributed by atoms with Crippen LogP contribution in [0.2, 0.25) is 0 Å². The van der Waals surface area contributed by atoms with Crippen LogP contribution < -0.4 is 20.1 Å². The molecule has 0 saturated carbocycles. The number of amides is 2. The third-order valence-electron chi connectivity index (χ3n) is 3.77. The summed E-state index contributed by atoms with van der Waals surface area (Å²) in [5.41, 5.74) is 0.951. The number of hydrogen-bond donors (Lipinski definition) is 2. The number of halogens is 2. The molecule has 2 amide bonds. The number of urea groups is 1. The van der Waals surface area contributed by atoms with E-state index < -0.39 is 0 Å². The molecule has 1 aliphatic heterocycles. The van der Waals surface area contributed by atoms with E-state index in [1.807, 2.05) is 18.2 Å². The second kappa shape index (κ2) is 8.20. The van der Waals surface area contributed by atoms with E-state index in [1.54, 1.807) is 12.1 Å². The van der Waals surface area contributed by atoms with E-state index in [1.165, 1.54) is 12.1 Å². The maximum absolute atomic E-state index is 13.0. The van der Waals surface area contributed by atoms with Gasteiger partial charge in [0.25, 0.3) is 0 Å². The van der Waals surface area contributed by atoms with Crippen molar-refractivity contribution < 1.29 is 18.7 Å². The molecular weight excluding hydrogens is 391 g/mol. The second-order valence-electron chi connectivity index (χ2n) is 5.58. The van der Waals surface area contributed by atoms with Crippen molar-refractivity contribution in [1.82, 2.24) is 10.6 Å². The Bertz CT molecular complexity index is 757. The summed E-state index contributed by atoms with van der Waals surface area (Å²) < 4.78 is 25.0. The van der Waals surface area contributed by atoms with Gasteiger partial charge in [0.05, 0.1) is 19.2 Å². The van der Waals surface area contributed by atoms with E-state index >= 15 is 0 Å². The van der Waals surface area contributed by atoms with E-state index in [2.05, 4.69) is 26.6 Å². The highest BCUT2D eigenvalue weighted by atomic mass is 79.9. The van der Waals surface area contributed by atoms with Crippen molar-refractivity contribution in [2.75, 3.05) is 19.8 Å². The van der Waals surface area contributed by atoms with Crippen molar-refractivity contribution in [3.05, 3.63) is 58.3 Å². The van der Waals surface area contributed by atoms with Gasteiger partial charge in [0.1, 0.15) is 23.9 Å². The molecule has 1 heterocycles. The average Bonchev–Trinajstić information content (AvgIpc) is 2.59. The van der Waals surface area contributed by atoms with E-state index in [0.29, 0.717) is 25.3 Å². The highest BCUT2D eigenvalue weighted by molar-refractivity contribution is 9.10. The van der Waals surface area contributed by atoms with Crippen molar-refractivity contribution in [3.63, 3.8) is 0 Å².